The summed E-state index contributed by atoms with van der Waals surface area (Å²) in [6.07, 6.45) is 0.927. The second kappa shape index (κ2) is 10.2. The lowest BCUT2D eigenvalue weighted by Gasteiger charge is -2.22. The Hall–Kier alpha value is -1.73. The number of halogens is 2. The first kappa shape index (κ1) is 21.0. The first-order valence-electron chi connectivity index (χ1n) is 9.04. The van der Waals surface area contributed by atoms with Crippen LogP contribution in [-0.4, -0.2) is 0 Å². The molecule has 4 aromatic rings. The van der Waals surface area contributed by atoms with Crippen LogP contribution in [0.2, 0.25) is 0 Å². The van der Waals surface area contributed by atoms with Gasteiger partial charge in [0.05, 0.1) is 0 Å². The fourth-order valence-electron chi connectivity index (χ4n) is 3.31. The highest BCUT2D eigenvalue weighted by Gasteiger charge is 2.19. The van der Waals surface area contributed by atoms with E-state index < -0.39 is 7.92 Å². The molecule has 0 radical (unpaired) electrons. The molecular weight excluding hydrogens is 491 g/mol. The molecular formula is C25H21Br2P. The van der Waals surface area contributed by atoms with Gasteiger partial charge in [-0.25, -0.2) is 0 Å². The smallest absolute Gasteiger partial charge is 0.0210 e. The average molecular weight is 512 g/mol. The van der Waals surface area contributed by atoms with E-state index in [0.717, 1.165) is 6.42 Å². The van der Waals surface area contributed by atoms with Crippen LogP contribution in [0.3, 0.4) is 0 Å². The molecule has 28 heavy (non-hydrogen) atoms. The summed E-state index contributed by atoms with van der Waals surface area (Å²) in [6, 6.07) is 39.2. The predicted octanol–water partition coefficient (Wildman–Crippen LogP) is 6.38. The van der Waals surface area contributed by atoms with Gasteiger partial charge in [-0.1, -0.05) is 119 Å². The zero-order valence-corrected chi connectivity index (χ0v) is 19.5. The predicted molar refractivity (Wildman–Crippen MR) is 132 cm³/mol. The van der Waals surface area contributed by atoms with E-state index in [0.29, 0.717) is 0 Å². The maximum absolute atomic E-state index is 3.71. The van der Waals surface area contributed by atoms with E-state index in [2.05, 4.69) is 125 Å². The lowest BCUT2D eigenvalue weighted by atomic mass is 10.1. The Balaban J connectivity index is 0.00000225. The van der Waals surface area contributed by atoms with Crippen LogP contribution >= 0.6 is 40.8 Å². The van der Waals surface area contributed by atoms with Crippen molar-refractivity contribution < 1.29 is 0 Å². The van der Waals surface area contributed by atoms with Gasteiger partial charge in [-0.3, -0.25) is 0 Å². The van der Waals surface area contributed by atoms with Gasteiger partial charge >= 0.3 is 0 Å². The molecule has 3 heteroatoms. The summed E-state index contributed by atoms with van der Waals surface area (Å²) in [6.45, 7) is 0. The second-order valence-corrected chi connectivity index (χ2v) is 9.44. The highest BCUT2D eigenvalue weighted by Crippen LogP contribution is 2.35. The van der Waals surface area contributed by atoms with E-state index in [-0.39, 0.29) is 17.0 Å². The molecule has 0 fully saturated rings. The fourth-order valence-corrected chi connectivity index (χ4v) is 6.20. The van der Waals surface area contributed by atoms with E-state index in [1.54, 1.807) is 0 Å². The molecule has 4 rings (SSSR count). The van der Waals surface area contributed by atoms with Crippen LogP contribution in [0.25, 0.3) is 0 Å². The van der Waals surface area contributed by atoms with Gasteiger partial charge < -0.3 is 0 Å². The molecule has 0 nitrogen and oxygen atoms in total. The molecule has 0 bridgehead atoms. The number of rotatable bonds is 5. The highest BCUT2D eigenvalue weighted by molar-refractivity contribution is 9.10. The fraction of sp³-hybridized carbons (Fsp3) is 0.0400. The first-order valence-corrected chi connectivity index (χ1v) is 11.2. The summed E-state index contributed by atoms with van der Waals surface area (Å²) in [5.74, 6) is 0. The maximum Gasteiger partial charge on any atom is 0.0210 e. The van der Waals surface area contributed by atoms with Crippen molar-refractivity contribution in [2.24, 2.45) is 0 Å². The van der Waals surface area contributed by atoms with Crippen molar-refractivity contribution in [3.8, 4) is 0 Å². The van der Waals surface area contributed by atoms with Crippen LogP contribution < -0.4 is 15.9 Å². The number of hydrogen-bond acceptors (Lipinski definition) is 0. The molecule has 4 aromatic carbocycles. The second-order valence-electron chi connectivity index (χ2n) is 6.40. The first-order chi connectivity index (χ1) is 13.3. The lowest BCUT2D eigenvalue weighted by Crippen LogP contribution is -2.23. The molecule has 0 aliphatic heterocycles. The zero-order chi connectivity index (χ0) is 18.5. The van der Waals surface area contributed by atoms with Gasteiger partial charge in [-0.15, -0.1) is 17.0 Å². The Kier molecular flexibility index (Phi) is 7.62. The molecule has 0 atom stereocenters. The van der Waals surface area contributed by atoms with E-state index in [9.17, 15) is 0 Å². The maximum atomic E-state index is 3.71. The van der Waals surface area contributed by atoms with Crippen molar-refractivity contribution >= 4 is 56.7 Å². The van der Waals surface area contributed by atoms with Gasteiger partial charge in [-0.2, -0.15) is 0 Å². The van der Waals surface area contributed by atoms with E-state index >= 15 is 0 Å². The Morgan fingerprint density at radius 2 is 1.00 bits per heavy atom. The molecule has 0 saturated carbocycles. The van der Waals surface area contributed by atoms with Gasteiger partial charge in [0.25, 0.3) is 0 Å². The minimum absolute atomic E-state index is 0. The summed E-state index contributed by atoms with van der Waals surface area (Å²) in [5.41, 5.74) is 2.71. The van der Waals surface area contributed by atoms with E-state index in [4.69, 9.17) is 0 Å². The minimum atomic E-state index is -0.588. The quantitative estimate of drug-likeness (QED) is 0.273. The Bertz CT molecular complexity index is 977. The van der Waals surface area contributed by atoms with Gasteiger partial charge in [0, 0.05) is 4.47 Å². The van der Waals surface area contributed by atoms with Crippen molar-refractivity contribution in [2.75, 3.05) is 0 Å². The standard InChI is InChI=1S/C25H20BrP.BrH/c26-24-17-9-7-11-20(24)19-21-12-8-10-18-25(21)27(22-13-3-1-4-14-22)23-15-5-2-6-16-23;/h1-18H,19H2;1H. The third kappa shape index (κ3) is 4.81. The topological polar surface area (TPSA) is 0 Å². The Morgan fingerprint density at radius 1 is 0.536 bits per heavy atom. The van der Waals surface area contributed by atoms with Crippen molar-refractivity contribution in [1.82, 2.24) is 0 Å². The van der Waals surface area contributed by atoms with Crippen molar-refractivity contribution in [3.05, 3.63) is 125 Å². The van der Waals surface area contributed by atoms with Crippen LogP contribution in [0.1, 0.15) is 11.1 Å². The Labute approximate surface area is 187 Å². The van der Waals surface area contributed by atoms with E-state index in [1.165, 1.54) is 31.5 Å². The van der Waals surface area contributed by atoms with Gasteiger partial charge in [0.1, 0.15) is 0 Å². The monoisotopic (exact) mass is 510 g/mol. The third-order valence-corrected chi connectivity index (χ3v) is 7.92. The summed E-state index contributed by atoms with van der Waals surface area (Å²) in [7, 11) is -0.588. The molecule has 0 heterocycles. The van der Waals surface area contributed by atoms with Crippen molar-refractivity contribution in [2.45, 2.75) is 6.42 Å². The molecule has 0 unspecified atom stereocenters. The van der Waals surface area contributed by atoms with Crippen LogP contribution in [0.5, 0.6) is 0 Å². The minimum Gasteiger partial charge on any atom is -0.114 e. The molecule has 140 valence electrons. The number of benzene rings is 4. The number of hydrogen-bond donors (Lipinski definition) is 0. The largest absolute Gasteiger partial charge is 0.114 e. The average Bonchev–Trinajstić information content (AvgIpc) is 2.73. The third-order valence-electron chi connectivity index (χ3n) is 4.60. The molecule has 0 saturated heterocycles. The lowest BCUT2D eigenvalue weighted by molar-refractivity contribution is 1.19. The zero-order valence-electron chi connectivity index (χ0n) is 15.3. The van der Waals surface area contributed by atoms with Gasteiger partial charge in [0.2, 0.25) is 0 Å². The van der Waals surface area contributed by atoms with Crippen LogP contribution in [0, 0.1) is 0 Å². The summed E-state index contributed by atoms with van der Waals surface area (Å²) in [5, 5.41) is 4.21. The Morgan fingerprint density at radius 3 is 1.57 bits per heavy atom. The molecule has 0 aliphatic rings. The molecule has 0 amide bonds. The van der Waals surface area contributed by atoms with Crippen molar-refractivity contribution in [3.63, 3.8) is 0 Å². The SMILES string of the molecule is Br.Brc1ccccc1Cc1ccccc1P(c1ccccc1)c1ccccc1. The van der Waals surface area contributed by atoms with Crippen LogP contribution in [0.4, 0.5) is 0 Å². The van der Waals surface area contributed by atoms with Gasteiger partial charge in [0.15, 0.2) is 0 Å². The summed E-state index contributed by atoms with van der Waals surface area (Å²) >= 11 is 3.71. The highest BCUT2D eigenvalue weighted by atomic mass is 79.9. The van der Waals surface area contributed by atoms with Crippen LogP contribution in [-0.2, 0) is 6.42 Å². The van der Waals surface area contributed by atoms with E-state index in [1.807, 2.05) is 0 Å². The summed E-state index contributed by atoms with van der Waals surface area (Å²) in [4.78, 5) is 0. The molecule has 0 aliphatic carbocycles. The molecule has 0 N–H and O–H groups in total. The molecule has 0 aromatic heterocycles. The van der Waals surface area contributed by atoms with Gasteiger partial charge in [-0.05, 0) is 47.4 Å². The van der Waals surface area contributed by atoms with Crippen LogP contribution in [0.15, 0.2) is 114 Å². The summed E-state index contributed by atoms with van der Waals surface area (Å²) < 4.78 is 1.17. The normalized spacial score (nSPS) is 10.5. The molecule has 0 spiro atoms. The van der Waals surface area contributed by atoms with Crippen molar-refractivity contribution in [1.29, 1.82) is 0 Å².